The Hall–Kier alpha value is -7.20. The largest absolute Gasteiger partial charge is 0.456 e. The van der Waals surface area contributed by atoms with Gasteiger partial charge in [0.1, 0.15) is 11.2 Å². The number of hydrogen-bond acceptors (Lipinski definition) is 3. The van der Waals surface area contributed by atoms with Crippen LogP contribution in [0.5, 0.6) is 0 Å². The smallest absolute Gasteiger partial charge is 0.135 e. The minimum Gasteiger partial charge on any atom is -0.456 e. The van der Waals surface area contributed by atoms with Gasteiger partial charge in [-0.25, -0.2) is 0 Å². The van der Waals surface area contributed by atoms with Crippen LogP contribution in [0.4, 0.5) is 17.1 Å². The standard InChI is InChI=1S/C58H39NOS/c1-57(2)48-22-10-6-19-42(48)44-21-14-25-51(56(44)57)59(38-28-30-53-45(34-38)43-20-9-13-26-52(43)60-53)39-29-32-55-47(35-39)46-33-37(27-31-54(46)61-55)58(36-15-4-3-5-16-36)49-23-11-7-17-40(49)41-18-8-12-24-50(41)58/h3-35H,1-2H3. The van der Waals surface area contributed by atoms with Gasteiger partial charge in [0, 0.05) is 47.7 Å². The Kier molecular flexibility index (Phi) is 7.19. The van der Waals surface area contributed by atoms with E-state index in [1.165, 1.54) is 81.5 Å². The van der Waals surface area contributed by atoms with Gasteiger partial charge < -0.3 is 9.32 Å². The fourth-order valence-electron chi connectivity index (χ4n) is 11.1. The first-order chi connectivity index (χ1) is 30.0. The number of para-hydroxylation sites is 1. The van der Waals surface area contributed by atoms with Crippen molar-refractivity contribution in [2.75, 3.05) is 4.90 Å². The average Bonchev–Trinajstić information content (AvgIpc) is 4.02. The zero-order valence-electron chi connectivity index (χ0n) is 33.8. The third kappa shape index (κ3) is 4.73. The summed E-state index contributed by atoms with van der Waals surface area (Å²) in [6.07, 6.45) is 0. The van der Waals surface area contributed by atoms with Crippen LogP contribution >= 0.6 is 11.3 Å². The molecule has 9 aromatic carbocycles. The summed E-state index contributed by atoms with van der Waals surface area (Å²) >= 11 is 1.88. The monoisotopic (exact) mass is 797 g/mol. The van der Waals surface area contributed by atoms with Crippen molar-refractivity contribution in [1.82, 2.24) is 0 Å². The number of hydrogen-bond donors (Lipinski definition) is 0. The van der Waals surface area contributed by atoms with E-state index in [1.54, 1.807) is 0 Å². The van der Waals surface area contributed by atoms with Gasteiger partial charge in [-0.2, -0.15) is 0 Å². The number of benzene rings is 9. The van der Waals surface area contributed by atoms with Crippen LogP contribution in [0.2, 0.25) is 0 Å². The molecule has 0 unspecified atom stereocenters. The van der Waals surface area contributed by atoms with E-state index < -0.39 is 5.41 Å². The van der Waals surface area contributed by atoms with Crippen LogP contribution in [0.25, 0.3) is 64.4 Å². The summed E-state index contributed by atoms with van der Waals surface area (Å²) in [5, 5.41) is 4.78. The maximum absolute atomic E-state index is 6.36. The molecule has 0 radical (unpaired) electrons. The molecule has 0 atom stereocenters. The Morgan fingerprint density at radius 1 is 0.410 bits per heavy atom. The molecule has 11 aromatic rings. The molecule has 2 aromatic heterocycles. The fraction of sp³-hybridized carbons (Fsp3) is 0.0690. The molecule has 13 rings (SSSR count). The quantitative estimate of drug-likeness (QED) is 0.172. The van der Waals surface area contributed by atoms with E-state index in [0.29, 0.717) is 0 Å². The minimum absolute atomic E-state index is 0.207. The van der Waals surface area contributed by atoms with Gasteiger partial charge in [0.25, 0.3) is 0 Å². The van der Waals surface area contributed by atoms with Gasteiger partial charge in [-0.05, 0) is 116 Å². The maximum atomic E-state index is 6.36. The third-order valence-electron chi connectivity index (χ3n) is 13.7. The van der Waals surface area contributed by atoms with Crippen molar-refractivity contribution < 1.29 is 4.42 Å². The highest BCUT2D eigenvalue weighted by molar-refractivity contribution is 7.25. The first-order valence-electron chi connectivity index (χ1n) is 21.2. The Morgan fingerprint density at radius 3 is 1.72 bits per heavy atom. The predicted molar refractivity (Wildman–Crippen MR) is 256 cm³/mol. The lowest BCUT2D eigenvalue weighted by Gasteiger charge is -2.34. The van der Waals surface area contributed by atoms with E-state index in [2.05, 4.69) is 213 Å². The lowest BCUT2D eigenvalue weighted by atomic mass is 9.67. The molecule has 0 N–H and O–H groups in total. The molecule has 0 saturated carbocycles. The molecule has 0 saturated heterocycles. The van der Waals surface area contributed by atoms with Crippen LogP contribution in [0.3, 0.4) is 0 Å². The molecule has 61 heavy (non-hydrogen) atoms. The summed E-state index contributed by atoms with van der Waals surface area (Å²) in [5.41, 5.74) is 17.7. The van der Waals surface area contributed by atoms with Crippen molar-refractivity contribution in [3.05, 3.63) is 234 Å². The van der Waals surface area contributed by atoms with Crippen LogP contribution in [0.1, 0.15) is 47.2 Å². The summed E-state index contributed by atoms with van der Waals surface area (Å²) in [6.45, 7) is 4.76. The normalized spacial score (nSPS) is 14.3. The molecule has 0 fully saturated rings. The molecule has 2 aliphatic carbocycles. The molecule has 2 nitrogen and oxygen atoms in total. The van der Waals surface area contributed by atoms with E-state index in [4.69, 9.17) is 4.42 Å². The van der Waals surface area contributed by atoms with Crippen molar-refractivity contribution in [3.63, 3.8) is 0 Å². The highest BCUT2D eigenvalue weighted by Crippen LogP contribution is 2.58. The molecule has 0 bridgehead atoms. The SMILES string of the molecule is CC1(C)c2ccccc2-c2cccc(N(c3ccc4oc5ccccc5c4c3)c3ccc4sc5ccc(C6(c7ccccc7)c7ccccc7-c7ccccc76)cc5c4c3)c21. The molecular formula is C58H39NOS. The summed E-state index contributed by atoms with van der Waals surface area (Å²) in [6, 6.07) is 74.3. The maximum Gasteiger partial charge on any atom is 0.135 e. The molecule has 3 heteroatoms. The van der Waals surface area contributed by atoms with Crippen molar-refractivity contribution in [2.45, 2.75) is 24.7 Å². The summed E-state index contributed by atoms with van der Waals surface area (Å²) < 4.78 is 8.93. The number of furan rings is 1. The van der Waals surface area contributed by atoms with Crippen molar-refractivity contribution in [1.29, 1.82) is 0 Å². The van der Waals surface area contributed by atoms with Gasteiger partial charge in [0.15, 0.2) is 0 Å². The molecule has 2 aliphatic rings. The number of anilines is 3. The van der Waals surface area contributed by atoms with Crippen LogP contribution in [-0.2, 0) is 10.8 Å². The lowest BCUT2D eigenvalue weighted by Crippen LogP contribution is -2.28. The molecule has 2 heterocycles. The second kappa shape index (κ2) is 12.7. The summed E-state index contributed by atoms with van der Waals surface area (Å²) in [5.74, 6) is 0. The van der Waals surface area contributed by atoms with E-state index in [9.17, 15) is 0 Å². The van der Waals surface area contributed by atoms with Crippen molar-refractivity contribution >= 4 is 70.5 Å². The van der Waals surface area contributed by atoms with E-state index in [0.717, 1.165) is 33.3 Å². The summed E-state index contributed by atoms with van der Waals surface area (Å²) in [7, 11) is 0. The Labute approximate surface area is 358 Å². The third-order valence-corrected chi connectivity index (χ3v) is 14.9. The highest BCUT2D eigenvalue weighted by atomic mass is 32.1. The van der Waals surface area contributed by atoms with Gasteiger partial charge in [-0.3, -0.25) is 0 Å². The molecule has 0 aliphatic heterocycles. The van der Waals surface area contributed by atoms with Gasteiger partial charge in [0.05, 0.1) is 11.1 Å². The lowest BCUT2D eigenvalue weighted by molar-refractivity contribution is 0.660. The number of nitrogens with zero attached hydrogens (tertiary/aromatic N) is 1. The highest BCUT2D eigenvalue weighted by Gasteiger charge is 2.46. The average molecular weight is 798 g/mol. The van der Waals surface area contributed by atoms with Gasteiger partial charge in [-0.1, -0.05) is 153 Å². The molecule has 0 spiro atoms. The Morgan fingerprint density at radius 2 is 0.967 bits per heavy atom. The van der Waals surface area contributed by atoms with Crippen LogP contribution in [0, 0.1) is 0 Å². The first-order valence-corrected chi connectivity index (χ1v) is 22.0. The predicted octanol–water partition coefficient (Wildman–Crippen LogP) is 16.1. The number of fused-ring (bicyclic) bond motifs is 12. The number of rotatable bonds is 5. The second-order valence-corrected chi connectivity index (χ2v) is 18.3. The Balaban J connectivity index is 1.07. The topological polar surface area (TPSA) is 16.4 Å². The van der Waals surface area contributed by atoms with Crippen molar-refractivity contribution in [2.24, 2.45) is 0 Å². The minimum atomic E-state index is -0.464. The Bertz CT molecular complexity index is 3540. The van der Waals surface area contributed by atoms with Crippen molar-refractivity contribution in [3.8, 4) is 22.3 Å². The second-order valence-electron chi connectivity index (χ2n) is 17.2. The van der Waals surface area contributed by atoms with Crippen LogP contribution < -0.4 is 4.90 Å². The van der Waals surface area contributed by atoms with Gasteiger partial charge in [0.2, 0.25) is 0 Å². The van der Waals surface area contributed by atoms with E-state index in [-0.39, 0.29) is 5.41 Å². The van der Waals surface area contributed by atoms with Crippen LogP contribution in [-0.4, -0.2) is 0 Å². The van der Waals surface area contributed by atoms with Crippen LogP contribution in [0.15, 0.2) is 205 Å². The molecule has 0 amide bonds. The summed E-state index contributed by atoms with van der Waals surface area (Å²) in [4.78, 5) is 2.50. The van der Waals surface area contributed by atoms with E-state index in [1.807, 2.05) is 17.4 Å². The number of thiophene rings is 1. The van der Waals surface area contributed by atoms with E-state index >= 15 is 0 Å². The fourth-order valence-corrected chi connectivity index (χ4v) is 12.2. The first kappa shape index (κ1) is 34.6. The molecule has 288 valence electrons. The zero-order valence-corrected chi connectivity index (χ0v) is 34.6. The van der Waals surface area contributed by atoms with Gasteiger partial charge >= 0.3 is 0 Å². The zero-order chi connectivity index (χ0) is 40.5. The molecular weight excluding hydrogens is 759 g/mol. The van der Waals surface area contributed by atoms with Gasteiger partial charge in [-0.15, -0.1) is 11.3 Å².